The first-order chi connectivity index (χ1) is 15.0. The van der Waals surface area contributed by atoms with Crippen molar-refractivity contribution in [3.63, 3.8) is 0 Å². The van der Waals surface area contributed by atoms with Gasteiger partial charge in [-0.15, -0.1) is 0 Å². The van der Waals surface area contributed by atoms with Crippen LogP contribution in [0.5, 0.6) is 11.5 Å². The molecule has 31 heavy (non-hydrogen) atoms. The molecule has 1 N–H and O–H groups in total. The van der Waals surface area contributed by atoms with Crippen LogP contribution in [0.2, 0.25) is 0 Å². The molecular weight excluding hydrogens is 398 g/mol. The number of nitrogens with one attached hydrogen (secondary N) is 1. The molecule has 0 bridgehead atoms. The van der Waals surface area contributed by atoms with Gasteiger partial charge in [0.25, 0.3) is 0 Å². The lowest BCUT2D eigenvalue weighted by Crippen LogP contribution is -2.54. The van der Waals surface area contributed by atoms with Crippen LogP contribution in [0.1, 0.15) is 46.0 Å². The number of carbonyl (C=O) groups is 3. The van der Waals surface area contributed by atoms with Crippen LogP contribution in [0, 0.1) is 11.8 Å². The van der Waals surface area contributed by atoms with Crippen molar-refractivity contribution in [1.29, 1.82) is 0 Å². The SMILES string of the molecule is CCC(C)C(NC(=O)C1CC(=O)N(c2ccc3c(c2)OCO3)C1)C(=O)N1CCCCC1. The van der Waals surface area contributed by atoms with E-state index < -0.39 is 12.0 Å². The number of ether oxygens (including phenoxy) is 2. The number of hydrogen-bond donors (Lipinski definition) is 1. The van der Waals surface area contributed by atoms with Gasteiger partial charge in [0.1, 0.15) is 6.04 Å². The highest BCUT2D eigenvalue weighted by Crippen LogP contribution is 2.37. The van der Waals surface area contributed by atoms with Crippen molar-refractivity contribution in [2.45, 2.75) is 52.0 Å². The first-order valence-electron chi connectivity index (χ1n) is 11.3. The highest BCUT2D eigenvalue weighted by atomic mass is 16.7. The smallest absolute Gasteiger partial charge is 0.245 e. The second-order valence-electron chi connectivity index (χ2n) is 8.70. The van der Waals surface area contributed by atoms with Crippen LogP contribution in [0.3, 0.4) is 0 Å². The molecule has 3 heterocycles. The van der Waals surface area contributed by atoms with E-state index in [9.17, 15) is 14.4 Å². The molecule has 8 nitrogen and oxygen atoms in total. The van der Waals surface area contributed by atoms with E-state index in [1.165, 1.54) is 0 Å². The molecule has 0 spiro atoms. The van der Waals surface area contributed by atoms with Gasteiger partial charge in [-0.25, -0.2) is 0 Å². The molecule has 3 unspecified atom stereocenters. The Labute approximate surface area is 182 Å². The van der Waals surface area contributed by atoms with Crippen LogP contribution in [-0.2, 0) is 14.4 Å². The molecule has 3 aliphatic heterocycles. The maximum Gasteiger partial charge on any atom is 0.245 e. The zero-order valence-electron chi connectivity index (χ0n) is 18.3. The summed E-state index contributed by atoms with van der Waals surface area (Å²) in [6.45, 7) is 5.97. The highest BCUT2D eigenvalue weighted by molar-refractivity contribution is 6.01. The number of nitrogens with zero attached hydrogens (tertiary/aromatic N) is 2. The molecular formula is C23H31N3O5. The second kappa shape index (κ2) is 9.16. The quantitative estimate of drug-likeness (QED) is 0.750. The molecule has 0 radical (unpaired) electrons. The van der Waals surface area contributed by atoms with Crippen molar-refractivity contribution >= 4 is 23.4 Å². The summed E-state index contributed by atoms with van der Waals surface area (Å²) in [5, 5.41) is 2.99. The second-order valence-corrected chi connectivity index (χ2v) is 8.70. The van der Waals surface area contributed by atoms with Crippen LogP contribution >= 0.6 is 0 Å². The van der Waals surface area contributed by atoms with E-state index in [0.29, 0.717) is 17.2 Å². The number of piperidine rings is 1. The molecule has 3 amide bonds. The van der Waals surface area contributed by atoms with Crippen molar-refractivity contribution in [3.05, 3.63) is 18.2 Å². The van der Waals surface area contributed by atoms with Crippen LogP contribution in [-0.4, -0.2) is 55.1 Å². The zero-order chi connectivity index (χ0) is 22.0. The largest absolute Gasteiger partial charge is 0.454 e. The van der Waals surface area contributed by atoms with E-state index in [1.807, 2.05) is 18.7 Å². The molecule has 168 valence electrons. The van der Waals surface area contributed by atoms with Crippen molar-refractivity contribution in [1.82, 2.24) is 10.2 Å². The number of rotatable bonds is 6. The van der Waals surface area contributed by atoms with Gasteiger partial charge < -0.3 is 24.6 Å². The van der Waals surface area contributed by atoms with Gasteiger partial charge in [-0.1, -0.05) is 20.3 Å². The third-order valence-electron chi connectivity index (χ3n) is 6.61. The third-order valence-corrected chi connectivity index (χ3v) is 6.61. The molecule has 8 heteroatoms. The monoisotopic (exact) mass is 429 g/mol. The molecule has 0 aliphatic carbocycles. The van der Waals surface area contributed by atoms with Crippen molar-refractivity contribution < 1.29 is 23.9 Å². The van der Waals surface area contributed by atoms with Crippen molar-refractivity contribution in [2.24, 2.45) is 11.8 Å². The zero-order valence-corrected chi connectivity index (χ0v) is 18.3. The van der Waals surface area contributed by atoms with Gasteiger partial charge in [0.2, 0.25) is 24.5 Å². The fourth-order valence-corrected chi connectivity index (χ4v) is 4.45. The minimum absolute atomic E-state index is 0.000601. The Balaban J connectivity index is 1.43. The summed E-state index contributed by atoms with van der Waals surface area (Å²) in [6, 6.07) is 4.79. The normalized spacial score (nSPS) is 22.4. The minimum atomic E-state index is -0.551. The Kier molecular flexibility index (Phi) is 6.34. The number of benzene rings is 1. The van der Waals surface area contributed by atoms with Gasteiger partial charge in [0, 0.05) is 37.8 Å². The summed E-state index contributed by atoms with van der Waals surface area (Å²) in [6.07, 6.45) is 4.08. The molecule has 1 aromatic carbocycles. The van der Waals surface area contributed by atoms with Gasteiger partial charge in [-0.3, -0.25) is 14.4 Å². The number of amides is 3. The number of fused-ring (bicyclic) bond motifs is 1. The predicted octanol–water partition coefficient (Wildman–Crippen LogP) is 2.31. The van der Waals surface area contributed by atoms with Crippen LogP contribution in [0.4, 0.5) is 5.69 Å². The van der Waals surface area contributed by atoms with E-state index in [0.717, 1.165) is 38.8 Å². The lowest BCUT2D eigenvalue weighted by atomic mass is 9.95. The third kappa shape index (κ3) is 4.48. The molecule has 4 rings (SSSR count). The van der Waals surface area contributed by atoms with E-state index in [1.54, 1.807) is 23.1 Å². The van der Waals surface area contributed by atoms with Crippen molar-refractivity contribution in [2.75, 3.05) is 31.3 Å². The summed E-state index contributed by atoms with van der Waals surface area (Å²) in [7, 11) is 0. The molecule has 2 fully saturated rings. The summed E-state index contributed by atoms with van der Waals surface area (Å²) in [5.74, 6) is 0.451. The minimum Gasteiger partial charge on any atom is -0.454 e. The average Bonchev–Trinajstić information content (AvgIpc) is 3.42. The highest BCUT2D eigenvalue weighted by Gasteiger charge is 2.38. The molecule has 0 saturated carbocycles. The first-order valence-corrected chi connectivity index (χ1v) is 11.3. The number of likely N-dealkylation sites (tertiary alicyclic amines) is 1. The summed E-state index contributed by atoms with van der Waals surface area (Å²) in [5.41, 5.74) is 0.687. The van der Waals surface area contributed by atoms with Gasteiger partial charge in [-0.05, 0) is 37.3 Å². The van der Waals surface area contributed by atoms with Gasteiger partial charge in [0.15, 0.2) is 11.5 Å². The number of carbonyl (C=O) groups excluding carboxylic acids is 3. The Morgan fingerprint density at radius 3 is 2.65 bits per heavy atom. The topological polar surface area (TPSA) is 88.2 Å². The lowest BCUT2D eigenvalue weighted by Gasteiger charge is -2.33. The number of hydrogen-bond acceptors (Lipinski definition) is 5. The standard InChI is InChI=1S/C23H31N3O5/c1-3-15(2)21(23(29)25-9-5-4-6-10-25)24-22(28)16-11-20(27)26(13-16)17-7-8-18-19(12-17)31-14-30-18/h7-8,12,15-16,21H,3-6,9-11,13-14H2,1-2H3,(H,24,28). The predicted molar refractivity (Wildman–Crippen MR) is 115 cm³/mol. The Morgan fingerprint density at radius 1 is 1.16 bits per heavy atom. The van der Waals surface area contributed by atoms with Gasteiger partial charge in [-0.2, -0.15) is 0 Å². The Bertz CT molecular complexity index is 852. The molecule has 3 aliphatic rings. The van der Waals surface area contributed by atoms with Crippen LogP contribution < -0.4 is 19.7 Å². The maximum atomic E-state index is 13.1. The molecule has 1 aromatic rings. The van der Waals surface area contributed by atoms with E-state index >= 15 is 0 Å². The number of anilines is 1. The fourth-order valence-electron chi connectivity index (χ4n) is 4.45. The van der Waals surface area contributed by atoms with E-state index in [-0.39, 0.29) is 43.4 Å². The van der Waals surface area contributed by atoms with E-state index in [4.69, 9.17) is 9.47 Å². The van der Waals surface area contributed by atoms with Crippen molar-refractivity contribution in [3.8, 4) is 11.5 Å². The summed E-state index contributed by atoms with van der Waals surface area (Å²) >= 11 is 0. The maximum absolute atomic E-state index is 13.1. The fraction of sp³-hybridized carbons (Fsp3) is 0.609. The average molecular weight is 430 g/mol. The van der Waals surface area contributed by atoms with Crippen LogP contribution in [0.25, 0.3) is 0 Å². The molecule has 2 saturated heterocycles. The summed E-state index contributed by atoms with van der Waals surface area (Å²) in [4.78, 5) is 42.3. The lowest BCUT2D eigenvalue weighted by molar-refractivity contribution is -0.139. The van der Waals surface area contributed by atoms with Gasteiger partial charge >= 0.3 is 0 Å². The molecule has 3 atom stereocenters. The van der Waals surface area contributed by atoms with Gasteiger partial charge in [0.05, 0.1) is 5.92 Å². The first kappa shape index (κ1) is 21.5. The summed E-state index contributed by atoms with van der Waals surface area (Å²) < 4.78 is 10.7. The Morgan fingerprint density at radius 2 is 1.90 bits per heavy atom. The van der Waals surface area contributed by atoms with E-state index in [2.05, 4.69) is 5.32 Å². The van der Waals surface area contributed by atoms with Crippen LogP contribution in [0.15, 0.2) is 18.2 Å². The Hall–Kier alpha value is -2.77. The molecule has 0 aromatic heterocycles.